The molecule has 0 fully saturated rings. The summed E-state index contributed by atoms with van der Waals surface area (Å²) in [7, 11) is 0. The van der Waals surface area contributed by atoms with E-state index in [1.54, 1.807) is 0 Å². The Morgan fingerprint density at radius 2 is 2.05 bits per heavy atom. The molecule has 0 spiro atoms. The molecular formula is C16H23N3. The summed E-state index contributed by atoms with van der Waals surface area (Å²) in [5.41, 5.74) is 3.17. The minimum absolute atomic E-state index is 0.657. The molecule has 3 heteroatoms. The molecule has 3 nitrogen and oxygen atoms in total. The number of hydrogen-bond donors (Lipinski definition) is 1. The van der Waals surface area contributed by atoms with E-state index in [1.165, 1.54) is 24.1 Å². The van der Waals surface area contributed by atoms with E-state index in [9.17, 15) is 5.26 Å². The van der Waals surface area contributed by atoms with E-state index in [-0.39, 0.29) is 0 Å². The molecule has 0 saturated heterocycles. The number of fused-ring (bicyclic) bond motifs is 1. The molecule has 0 amide bonds. The fourth-order valence-corrected chi connectivity index (χ4v) is 2.67. The van der Waals surface area contributed by atoms with E-state index < -0.39 is 0 Å². The standard InChI is InChI=1S/C16H23N3/c1-3-12(4-2)11-18-16-14(10-17)9-13-7-5-6-8-15(13)19-16/h9,12H,3-8,11H2,1-2H3,(H,18,19). The number of anilines is 1. The molecule has 1 aliphatic carbocycles. The normalized spacial score (nSPS) is 14.0. The molecule has 0 aromatic carbocycles. The van der Waals surface area contributed by atoms with Gasteiger partial charge in [-0.25, -0.2) is 4.98 Å². The Bertz CT molecular complexity index is 470. The monoisotopic (exact) mass is 257 g/mol. The predicted octanol–water partition coefficient (Wildman–Crippen LogP) is 3.68. The highest BCUT2D eigenvalue weighted by molar-refractivity contribution is 5.54. The summed E-state index contributed by atoms with van der Waals surface area (Å²) in [5, 5.41) is 12.7. The first-order chi connectivity index (χ1) is 9.28. The van der Waals surface area contributed by atoms with Gasteiger partial charge in [0.15, 0.2) is 0 Å². The van der Waals surface area contributed by atoms with Gasteiger partial charge in [0, 0.05) is 12.2 Å². The largest absolute Gasteiger partial charge is 0.369 e. The van der Waals surface area contributed by atoms with E-state index in [0.29, 0.717) is 11.5 Å². The van der Waals surface area contributed by atoms with Crippen molar-refractivity contribution < 1.29 is 0 Å². The van der Waals surface area contributed by atoms with Gasteiger partial charge in [-0.15, -0.1) is 0 Å². The minimum atomic E-state index is 0.657. The van der Waals surface area contributed by atoms with Crippen LogP contribution in [-0.4, -0.2) is 11.5 Å². The Morgan fingerprint density at radius 1 is 1.32 bits per heavy atom. The molecule has 1 heterocycles. The van der Waals surface area contributed by atoms with Gasteiger partial charge in [0.2, 0.25) is 0 Å². The van der Waals surface area contributed by atoms with Crippen LogP contribution in [0.15, 0.2) is 6.07 Å². The molecule has 1 aromatic heterocycles. The summed E-state index contributed by atoms with van der Waals surface area (Å²) in [4.78, 5) is 4.69. The third kappa shape index (κ3) is 3.26. The van der Waals surface area contributed by atoms with Crippen LogP contribution in [0, 0.1) is 17.2 Å². The Morgan fingerprint density at radius 3 is 2.74 bits per heavy atom. The number of aryl methyl sites for hydroxylation is 2. The molecule has 0 bridgehead atoms. The Labute approximate surface area is 116 Å². The lowest BCUT2D eigenvalue weighted by atomic mass is 9.95. The van der Waals surface area contributed by atoms with Gasteiger partial charge in [0.1, 0.15) is 11.9 Å². The molecule has 1 aliphatic rings. The lowest BCUT2D eigenvalue weighted by Gasteiger charge is -2.19. The van der Waals surface area contributed by atoms with Crippen LogP contribution in [0.25, 0.3) is 0 Å². The van der Waals surface area contributed by atoms with Crippen LogP contribution in [0.5, 0.6) is 0 Å². The lowest BCUT2D eigenvalue weighted by molar-refractivity contribution is 0.518. The number of nitrogens with zero attached hydrogens (tertiary/aromatic N) is 2. The maximum Gasteiger partial charge on any atom is 0.144 e. The van der Waals surface area contributed by atoms with Crippen LogP contribution in [-0.2, 0) is 12.8 Å². The smallest absolute Gasteiger partial charge is 0.144 e. The molecule has 0 unspecified atom stereocenters. The van der Waals surface area contributed by atoms with Crippen LogP contribution < -0.4 is 5.32 Å². The molecular weight excluding hydrogens is 234 g/mol. The summed E-state index contributed by atoms with van der Waals surface area (Å²) in [5.74, 6) is 1.44. The van der Waals surface area contributed by atoms with E-state index in [4.69, 9.17) is 4.98 Å². The Hall–Kier alpha value is -1.56. The first-order valence-electron chi connectivity index (χ1n) is 7.45. The molecule has 1 N–H and O–H groups in total. The molecule has 102 valence electrons. The topological polar surface area (TPSA) is 48.7 Å². The average molecular weight is 257 g/mol. The highest BCUT2D eigenvalue weighted by Gasteiger charge is 2.15. The summed E-state index contributed by atoms with van der Waals surface area (Å²) in [6.07, 6.45) is 6.90. The maximum atomic E-state index is 9.27. The van der Waals surface area contributed by atoms with Crippen molar-refractivity contribution in [3.05, 3.63) is 22.9 Å². The fraction of sp³-hybridized carbons (Fsp3) is 0.625. The van der Waals surface area contributed by atoms with Gasteiger partial charge < -0.3 is 5.32 Å². The Kier molecular flexibility index (Phi) is 4.79. The van der Waals surface area contributed by atoms with Crippen molar-refractivity contribution >= 4 is 5.82 Å². The predicted molar refractivity (Wildman–Crippen MR) is 78.2 cm³/mol. The zero-order chi connectivity index (χ0) is 13.7. The number of aromatic nitrogens is 1. The van der Waals surface area contributed by atoms with Crippen molar-refractivity contribution in [1.82, 2.24) is 4.98 Å². The highest BCUT2D eigenvalue weighted by Crippen LogP contribution is 2.24. The van der Waals surface area contributed by atoms with Crippen LogP contribution >= 0.6 is 0 Å². The molecule has 0 radical (unpaired) electrons. The quantitative estimate of drug-likeness (QED) is 0.875. The molecule has 1 aromatic rings. The number of pyridine rings is 1. The van der Waals surface area contributed by atoms with E-state index in [2.05, 4.69) is 25.2 Å². The van der Waals surface area contributed by atoms with E-state index in [1.807, 2.05) is 6.07 Å². The van der Waals surface area contributed by atoms with Crippen molar-refractivity contribution in [2.75, 3.05) is 11.9 Å². The van der Waals surface area contributed by atoms with Crippen LogP contribution in [0.2, 0.25) is 0 Å². The second-order valence-electron chi connectivity index (χ2n) is 5.37. The zero-order valence-electron chi connectivity index (χ0n) is 12.0. The van der Waals surface area contributed by atoms with Crippen LogP contribution in [0.4, 0.5) is 5.82 Å². The zero-order valence-corrected chi connectivity index (χ0v) is 12.0. The van der Waals surface area contributed by atoms with E-state index in [0.717, 1.165) is 38.0 Å². The van der Waals surface area contributed by atoms with Crippen molar-refractivity contribution in [2.24, 2.45) is 5.92 Å². The van der Waals surface area contributed by atoms with Crippen molar-refractivity contribution in [2.45, 2.75) is 52.4 Å². The maximum absolute atomic E-state index is 9.27. The Balaban J connectivity index is 2.17. The van der Waals surface area contributed by atoms with E-state index >= 15 is 0 Å². The summed E-state index contributed by atoms with van der Waals surface area (Å²) < 4.78 is 0. The number of nitriles is 1. The molecule has 0 saturated carbocycles. The SMILES string of the molecule is CCC(CC)CNc1nc2c(cc1C#N)CCCC2. The van der Waals surface area contributed by atoms with Gasteiger partial charge in [-0.2, -0.15) is 5.26 Å². The van der Waals surface area contributed by atoms with Gasteiger partial charge in [-0.1, -0.05) is 26.7 Å². The first-order valence-corrected chi connectivity index (χ1v) is 7.45. The summed E-state index contributed by atoms with van der Waals surface area (Å²) in [6, 6.07) is 4.32. The lowest BCUT2D eigenvalue weighted by Crippen LogP contribution is -2.16. The number of rotatable bonds is 5. The fourth-order valence-electron chi connectivity index (χ4n) is 2.67. The third-order valence-electron chi connectivity index (χ3n) is 4.13. The molecule has 0 atom stereocenters. The first kappa shape index (κ1) is 13.9. The molecule has 0 aliphatic heterocycles. The molecule has 19 heavy (non-hydrogen) atoms. The van der Waals surface area contributed by atoms with Gasteiger partial charge in [0.05, 0.1) is 5.56 Å². The van der Waals surface area contributed by atoms with Crippen molar-refractivity contribution in [3.63, 3.8) is 0 Å². The molecule has 2 rings (SSSR count). The van der Waals surface area contributed by atoms with Crippen LogP contribution in [0.1, 0.15) is 56.4 Å². The summed E-state index contributed by atoms with van der Waals surface area (Å²) in [6.45, 7) is 5.33. The number of nitrogens with one attached hydrogen (secondary N) is 1. The van der Waals surface area contributed by atoms with Crippen molar-refractivity contribution in [3.8, 4) is 6.07 Å². The minimum Gasteiger partial charge on any atom is -0.369 e. The third-order valence-corrected chi connectivity index (χ3v) is 4.13. The van der Waals surface area contributed by atoms with Gasteiger partial charge in [0.25, 0.3) is 0 Å². The van der Waals surface area contributed by atoms with Gasteiger partial charge >= 0.3 is 0 Å². The van der Waals surface area contributed by atoms with Crippen molar-refractivity contribution in [1.29, 1.82) is 5.26 Å². The summed E-state index contributed by atoms with van der Waals surface area (Å²) >= 11 is 0. The number of hydrogen-bond acceptors (Lipinski definition) is 3. The van der Waals surface area contributed by atoms with Crippen LogP contribution in [0.3, 0.4) is 0 Å². The second kappa shape index (κ2) is 6.56. The highest BCUT2D eigenvalue weighted by atomic mass is 15.0. The van der Waals surface area contributed by atoms with Gasteiger partial charge in [-0.3, -0.25) is 0 Å². The van der Waals surface area contributed by atoms with Gasteiger partial charge in [-0.05, 0) is 43.2 Å². The average Bonchev–Trinajstić information content (AvgIpc) is 2.47. The second-order valence-corrected chi connectivity index (χ2v) is 5.37.